The van der Waals surface area contributed by atoms with Gasteiger partial charge in [-0.25, -0.2) is 43.2 Å². The Kier molecular flexibility index (Phi) is 40.4. The van der Waals surface area contributed by atoms with Gasteiger partial charge < -0.3 is 76.9 Å². The highest BCUT2D eigenvalue weighted by Crippen LogP contribution is 2.25. The van der Waals surface area contributed by atoms with Gasteiger partial charge in [0.05, 0.1) is 27.3 Å². The highest BCUT2D eigenvalue weighted by atomic mass is 16.6. The molecular weight excluding hydrogens is 1500 g/mol. The molecule has 5 aromatic rings. The Morgan fingerprint density at radius 2 is 0.803 bits per heavy atom. The van der Waals surface area contributed by atoms with Crippen LogP contribution >= 0.6 is 0 Å². The van der Waals surface area contributed by atoms with E-state index in [9.17, 15) is 52.7 Å². The van der Waals surface area contributed by atoms with Gasteiger partial charge in [-0.3, -0.25) is 24.5 Å². The summed E-state index contributed by atoms with van der Waals surface area (Å²) in [5.41, 5.74) is 12.5. The summed E-state index contributed by atoms with van der Waals surface area (Å²) in [5.74, 6) is 7.64. The van der Waals surface area contributed by atoms with E-state index < -0.39 is 125 Å². The Balaban J connectivity index is 0.000000558. The fourth-order valence-electron chi connectivity index (χ4n) is 9.78. The van der Waals surface area contributed by atoms with E-state index in [1.54, 1.807) is 89.2 Å². The maximum atomic E-state index is 12.9. The first-order valence-corrected chi connectivity index (χ1v) is 37.7. The molecule has 0 aliphatic heterocycles. The number of carboxylic acids is 1. The summed E-state index contributed by atoms with van der Waals surface area (Å²) < 4.78 is 31.5. The van der Waals surface area contributed by atoms with Gasteiger partial charge in [0.15, 0.2) is 5.96 Å². The monoisotopic (exact) mass is 1620 g/mol. The Bertz CT molecular complexity index is 4260. The van der Waals surface area contributed by atoms with Crippen LogP contribution in [0.1, 0.15) is 198 Å². The number of nitrogens with zero attached hydrogens (tertiary/aromatic N) is 4. The maximum Gasteiger partial charge on any atom is 0.437 e. The van der Waals surface area contributed by atoms with Gasteiger partial charge in [-0.05, 0) is 184 Å². The zero-order valence-electron chi connectivity index (χ0n) is 71.8. The zero-order chi connectivity index (χ0) is 88.9. The Morgan fingerprint density at radius 1 is 0.444 bits per heavy atom. The van der Waals surface area contributed by atoms with E-state index in [1.807, 2.05) is 172 Å². The number of aromatic nitrogens is 2. The quantitative estimate of drug-likeness (QED) is 0.0107. The molecule has 0 radical (unpaired) electrons. The van der Waals surface area contributed by atoms with Crippen LogP contribution in [0.4, 0.5) is 19.2 Å². The van der Waals surface area contributed by atoms with Crippen LogP contribution in [0, 0.1) is 39.9 Å². The predicted octanol–water partition coefficient (Wildman–Crippen LogP) is 10.2. The first kappa shape index (κ1) is 101. The van der Waals surface area contributed by atoms with Crippen molar-refractivity contribution in [2.24, 2.45) is 37.7 Å². The van der Waals surface area contributed by atoms with E-state index in [0.29, 0.717) is 19.3 Å². The smallest absolute Gasteiger partial charge is 0.437 e. The summed E-state index contributed by atoms with van der Waals surface area (Å²) >= 11 is 0. The molecule has 1 aromatic heterocycles. The lowest BCUT2D eigenvalue weighted by molar-refractivity contribution is -0.145. The van der Waals surface area contributed by atoms with Crippen LogP contribution in [0.3, 0.4) is 0 Å². The zero-order valence-corrected chi connectivity index (χ0v) is 71.8. The fourth-order valence-corrected chi connectivity index (χ4v) is 9.78. The molecule has 0 spiro atoms. The number of hydrogen-bond donors (Lipinski definition) is 10. The van der Waals surface area contributed by atoms with Gasteiger partial charge in [0, 0.05) is 47.5 Å². The number of esters is 2. The standard InChI is InChI=1S/C32H41N3O6.C28H35N5O4.C14H22N4O4.C12H23NO4/c1-31(2,3)20-26(35-30(39)41-32(4,5)6)28(37)33-21-27(36)34-25(29(38)40-7)19-24-17-15-23(16-18-24)14-13-22-11-9-8-10-12-22;1-28(2,3)17-23(33-27(29)30)25(35)31-18-24(34)32-22(26(36)37-4)16-21-14-12-20(13-15-21)11-10-19-8-6-5-7-9-19;1-13(2,3)21-11(19)16-10(18-9-7-8-15-18)17-12(20)22-14(4,5)6;1-11(2,3)7-8(9(14)15)13-10(16)17-12(4,5)6/h8-12,15-18,25-26H,19-21H2,1-7H3,(H,33,37)(H,34,36)(H,35,39);5-9,12-15,22-23H,16-18H2,1-4H3,(H,31,35)(H,32,34)(H4,29,30,33);7-9H,1-6H3,(H,16,17,19,20);8H,7H2,1-6H3,(H,13,16)(H,14,15)/t25-,26+;22-,23+;;8-/m00.1/s1. The molecule has 0 saturated heterocycles. The second-order valence-electron chi connectivity index (χ2n) is 34.3. The van der Waals surface area contributed by atoms with Gasteiger partial charge in [0.1, 0.15) is 52.6 Å². The number of nitrogens with two attached hydrogens (primary N) is 2. The normalized spacial score (nSPS) is 12.7. The van der Waals surface area contributed by atoms with Crippen LogP contribution < -0.4 is 48.7 Å². The van der Waals surface area contributed by atoms with E-state index in [0.717, 1.165) is 33.4 Å². The molecule has 0 aliphatic rings. The minimum absolute atomic E-state index is 0.103. The van der Waals surface area contributed by atoms with Crippen molar-refractivity contribution in [2.45, 2.75) is 230 Å². The van der Waals surface area contributed by atoms with Gasteiger partial charge in [0.25, 0.3) is 0 Å². The third-order valence-electron chi connectivity index (χ3n) is 14.5. The maximum absolute atomic E-state index is 12.9. The van der Waals surface area contributed by atoms with E-state index in [-0.39, 0.29) is 47.6 Å². The highest BCUT2D eigenvalue weighted by Gasteiger charge is 2.33. The van der Waals surface area contributed by atoms with Crippen molar-refractivity contribution in [2.75, 3.05) is 27.3 Å². The Labute approximate surface area is 687 Å². The van der Waals surface area contributed by atoms with Gasteiger partial charge >= 0.3 is 42.3 Å². The van der Waals surface area contributed by atoms with Crippen LogP contribution in [0.2, 0.25) is 0 Å². The average molecular weight is 1620 g/mol. The first-order chi connectivity index (χ1) is 54.0. The van der Waals surface area contributed by atoms with Crippen molar-refractivity contribution in [1.29, 1.82) is 0 Å². The van der Waals surface area contributed by atoms with E-state index in [1.165, 1.54) is 31.3 Å². The number of amides is 8. The molecule has 8 amide bonds. The van der Waals surface area contributed by atoms with Gasteiger partial charge in [0.2, 0.25) is 29.6 Å². The molecule has 1 heterocycles. The predicted molar refractivity (Wildman–Crippen MR) is 445 cm³/mol. The third kappa shape index (κ3) is 47.9. The van der Waals surface area contributed by atoms with Crippen molar-refractivity contribution in [3.8, 4) is 23.7 Å². The SMILES string of the molecule is CC(C)(C)C[C@@H](NC(=O)OC(C)(C)C)C(=O)O.CC(C)(C)OC(=O)N=C(NC(=O)OC(C)(C)C)n1cccn1.COC(=O)[C@H](Cc1ccc(C#Cc2ccccc2)cc1)NC(=O)CNC(=O)[C@@H](CC(C)(C)C)N=C(N)N.COC(=O)[C@H](Cc1ccc(C#Cc2ccccc2)cc1)NC(=O)CNC(=O)[C@@H](CC(C)(C)C)NC(=O)OC(C)(C)C. The Hall–Kier alpha value is -12.3. The van der Waals surface area contributed by atoms with Crippen molar-refractivity contribution < 1.29 is 86.3 Å². The molecule has 31 nitrogen and oxygen atoms in total. The molecule has 0 saturated carbocycles. The van der Waals surface area contributed by atoms with E-state index in [4.69, 9.17) is 45.0 Å². The van der Waals surface area contributed by atoms with Crippen LogP contribution in [-0.2, 0) is 74.8 Å². The summed E-state index contributed by atoms with van der Waals surface area (Å²) in [6.07, 6.45) is 1.45. The number of alkyl carbamates (subject to hydrolysis) is 3. The van der Waals surface area contributed by atoms with Crippen LogP contribution in [0.25, 0.3) is 0 Å². The number of carboxylic acid groups (broad SMARTS) is 1. The average Bonchev–Trinajstić information content (AvgIpc) is 1.81. The van der Waals surface area contributed by atoms with Crippen LogP contribution in [-0.4, -0.2) is 173 Å². The number of methoxy groups -OCH3 is 2. The van der Waals surface area contributed by atoms with E-state index >= 15 is 0 Å². The van der Waals surface area contributed by atoms with Crippen molar-refractivity contribution in [3.05, 3.63) is 161 Å². The van der Waals surface area contributed by atoms with E-state index in [2.05, 4.69) is 76.0 Å². The summed E-state index contributed by atoms with van der Waals surface area (Å²) in [6.45, 7) is 37.3. The summed E-state index contributed by atoms with van der Waals surface area (Å²) in [5, 5.41) is 30.6. The second-order valence-corrected chi connectivity index (χ2v) is 34.3. The number of guanidine groups is 1. The molecule has 5 rings (SSSR count). The number of carbonyl (C=O) groups excluding carboxylic acids is 10. The summed E-state index contributed by atoms with van der Waals surface area (Å²) in [4.78, 5) is 142. The van der Waals surface area contributed by atoms with Gasteiger partial charge in [-0.1, -0.05) is 147 Å². The number of rotatable bonds is 21. The number of aliphatic imine (C=N–C) groups is 2. The number of nitrogens with one attached hydrogen (secondary N) is 7. The number of ether oxygens (including phenoxy) is 6. The van der Waals surface area contributed by atoms with Crippen molar-refractivity contribution >= 4 is 77.8 Å². The summed E-state index contributed by atoms with van der Waals surface area (Å²) in [7, 11) is 2.49. The Morgan fingerprint density at radius 3 is 1.15 bits per heavy atom. The largest absolute Gasteiger partial charge is 0.480 e. The number of carbonyl (C=O) groups is 11. The molecule has 638 valence electrons. The third-order valence-corrected chi connectivity index (χ3v) is 14.5. The molecule has 117 heavy (non-hydrogen) atoms. The molecule has 0 fully saturated rings. The lowest BCUT2D eigenvalue weighted by Crippen LogP contribution is -2.52. The summed E-state index contributed by atoms with van der Waals surface area (Å²) in [6, 6.07) is 31.0. The molecule has 12 N–H and O–H groups in total. The van der Waals surface area contributed by atoms with Crippen molar-refractivity contribution in [3.63, 3.8) is 0 Å². The number of benzene rings is 4. The molecule has 0 unspecified atom stereocenters. The first-order valence-electron chi connectivity index (χ1n) is 37.7. The van der Waals surface area contributed by atoms with Gasteiger partial charge in [-0.2, -0.15) is 5.10 Å². The lowest BCUT2D eigenvalue weighted by Gasteiger charge is -2.27. The highest BCUT2D eigenvalue weighted by molar-refractivity contribution is 6.00. The van der Waals surface area contributed by atoms with Gasteiger partial charge in [-0.15, -0.1) is 4.99 Å². The lowest BCUT2D eigenvalue weighted by atomic mass is 9.88. The molecular formula is C86H121N13O18. The second kappa shape index (κ2) is 46.9. The van der Waals surface area contributed by atoms with Crippen molar-refractivity contribution in [1.82, 2.24) is 47.0 Å². The molecule has 0 bridgehead atoms. The topological polar surface area (TPSA) is 442 Å². The molecule has 5 atom stereocenters. The van der Waals surface area contributed by atoms with Crippen LogP contribution in [0.15, 0.2) is 138 Å². The number of hydrogen-bond acceptors (Lipinski definition) is 19. The minimum atomic E-state index is -1.05. The minimum Gasteiger partial charge on any atom is -0.480 e. The fraction of sp³-hybridized carbons (Fsp3) is 0.488. The molecule has 0 aliphatic carbocycles. The molecule has 31 heteroatoms. The molecule has 4 aromatic carbocycles. The number of aliphatic carboxylic acids is 1. The van der Waals surface area contributed by atoms with Crippen LogP contribution in [0.5, 0.6) is 0 Å².